The van der Waals surface area contributed by atoms with Gasteiger partial charge in [-0.1, -0.05) is 0 Å². The minimum absolute atomic E-state index is 0.287. The van der Waals surface area contributed by atoms with Crippen LogP contribution in [0.15, 0.2) is 5.10 Å². The van der Waals surface area contributed by atoms with Gasteiger partial charge in [-0.2, -0.15) is 5.10 Å². The molecule has 0 aromatic rings. The summed E-state index contributed by atoms with van der Waals surface area (Å²) in [5.74, 6) is 0.939. The highest BCUT2D eigenvalue weighted by Crippen LogP contribution is 1.97. The maximum Gasteiger partial charge on any atom is 0.227 e. The fourth-order valence-corrected chi connectivity index (χ4v) is 0.850. The maximum atomic E-state index is 9.94. The molecule has 0 unspecified atom stereocenters. The number of halogens is 1. The summed E-state index contributed by atoms with van der Waals surface area (Å²) in [6, 6.07) is 0.316. The number of carbonyl (C=O) groups is 1. The van der Waals surface area contributed by atoms with E-state index in [-0.39, 0.29) is 5.88 Å². The number of alkyl halides is 1. The van der Waals surface area contributed by atoms with Gasteiger partial charge >= 0.3 is 0 Å². The Hall–Kier alpha value is -0.770. The Kier molecular flexibility index (Phi) is 5.45. The van der Waals surface area contributed by atoms with E-state index in [4.69, 9.17) is 11.6 Å². The van der Waals surface area contributed by atoms with Gasteiger partial charge in [-0.3, -0.25) is 4.79 Å². The fraction of sp³-hybridized carbons (Fsp3) is 0.714. The Balaban J connectivity index is 4.22. The van der Waals surface area contributed by atoms with Crippen LogP contribution in [0, 0.1) is 0 Å². The first kappa shape index (κ1) is 11.2. The first-order chi connectivity index (χ1) is 5.63. The fourth-order valence-electron chi connectivity index (χ4n) is 0.602. The van der Waals surface area contributed by atoms with Crippen LogP contribution in [0.3, 0.4) is 0 Å². The second-order valence-electron chi connectivity index (χ2n) is 2.61. The third-order valence-electron chi connectivity index (χ3n) is 1.55. The van der Waals surface area contributed by atoms with E-state index in [9.17, 15) is 4.79 Å². The lowest BCUT2D eigenvalue weighted by molar-refractivity contribution is -0.109. The van der Waals surface area contributed by atoms with Gasteiger partial charge in [0.05, 0.1) is 5.88 Å². The van der Waals surface area contributed by atoms with Gasteiger partial charge in [0.1, 0.15) is 5.84 Å². The number of amides is 1. The molecule has 0 aromatic heterocycles. The average molecular weight is 192 g/mol. The zero-order valence-electron chi connectivity index (χ0n) is 7.54. The molecule has 0 aliphatic carbocycles. The smallest absolute Gasteiger partial charge is 0.227 e. The van der Waals surface area contributed by atoms with Gasteiger partial charge in [-0.25, -0.2) is 5.43 Å². The Morgan fingerprint density at radius 1 is 1.75 bits per heavy atom. The molecule has 0 saturated carbocycles. The minimum Gasteiger partial charge on any atom is -0.358 e. The lowest BCUT2D eigenvalue weighted by Crippen LogP contribution is -2.35. The molecule has 0 rings (SSSR count). The van der Waals surface area contributed by atoms with E-state index < -0.39 is 0 Å². The second-order valence-corrected chi connectivity index (χ2v) is 2.88. The van der Waals surface area contributed by atoms with E-state index in [1.54, 1.807) is 0 Å². The van der Waals surface area contributed by atoms with Gasteiger partial charge in [-0.05, 0) is 13.8 Å². The number of carbonyl (C=O) groups excluding carboxylic acids is 1. The molecule has 0 saturated heterocycles. The van der Waals surface area contributed by atoms with Gasteiger partial charge in [0, 0.05) is 13.1 Å². The van der Waals surface area contributed by atoms with Crippen molar-refractivity contribution in [3.05, 3.63) is 0 Å². The van der Waals surface area contributed by atoms with E-state index in [1.165, 1.54) is 0 Å². The molecule has 0 aliphatic rings. The van der Waals surface area contributed by atoms with Crippen LogP contribution < -0.4 is 5.43 Å². The highest BCUT2D eigenvalue weighted by atomic mass is 35.5. The summed E-state index contributed by atoms with van der Waals surface area (Å²) in [5, 5.41) is 3.77. The number of nitrogens with zero attached hydrogens (tertiary/aromatic N) is 2. The molecule has 1 N–H and O–H groups in total. The van der Waals surface area contributed by atoms with Crippen molar-refractivity contribution in [1.29, 1.82) is 0 Å². The van der Waals surface area contributed by atoms with E-state index in [2.05, 4.69) is 10.5 Å². The molecular weight excluding hydrogens is 178 g/mol. The van der Waals surface area contributed by atoms with Crippen molar-refractivity contribution in [1.82, 2.24) is 10.3 Å². The van der Waals surface area contributed by atoms with Crippen LogP contribution in [0.4, 0.5) is 0 Å². The quantitative estimate of drug-likeness (QED) is 0.233. The highest BCUT2D eigenvalue weighted by Gasteiger charge is 2.07. The van der Waals surface area contributed by atoms with Crippen LogP contribution in [0.2, 0.25) is 0 Å². The topological polar surface area (TPSA) is 44.7 Å². The molecule has 0 heterocycles. The molecule has 70 valence electrons. The third kappa shape index (κ3) is 3.57. The SMILES string of the molecule is CC(C)N(C)/C(CCl)=N\NC=O. The molecule has 12 heavy (non-hydrogen) atoms. The monoisotopic (exact) mass is 191 g/mol. The maximum absolute atomic E-state index is 9.94. The lowest BCUT2D eigenvalue weighted by Gasteiger charge is -2.23. The molecule has 1 amide bonds. The summed E-state index contributed by atoms with van der Waals surface area (Å²) >= 11 is 5.61. The van der Waals surface area contributed by atoms with Gasteiger partial charge in [0.15, 0.2) is 0 Å². The Morgan fingerprint density at radius 3 is 2.67 bits per heavy atom. The molecule has 0 bridgehead atoms. The van der Waals surface area contributed by atoms with Gasteiger partial charge < -0.3 is 4.90 Å². The predicted octanol–water partition coefficient (Wildman–Crippen LogP) is 0.625. The van der Waals surface area contributed by atoms with Crippen molar-refractivity contribution in [2.24, 2.45) is 5.10 Å². The average Bonchev–Trinajstić information content (AvgIpc) is 2.05. The van der Waals surface area contributed by atoms with Gasteiger partial charge in [0.2, 0.25) is 6.41 Å². The van der Waals surface area contributed by atoms with E-state index >= 15 is 0 Å². The van der Waals surface area contributed by atoms with E-state index in [0.717, 1.165) is 0 Å². The van der Waals surface area contributed by atoms with Crippen molar-refractivity contribution in [3.8, 4) is 0 Å². The number of amidine groups is 1. The molecular formula is C7H14ClN3O. The lowest BCUT2D eigenvalue weighted by atomic mass is 10.3. The van der Waals surface area contributed by atoms with Crippen molar-refractivity contribution >= 4 is 23.8 Å². The minimum atomic E-state index is 0.287. The van der Waals surface area contributed by atoms with Crippen molar-refractivity contribution in [2.45, 2.75) is 19.9 Å². The molecule has 0 aromatic carbocycles. The first-order valence-corrected chi connectivity index (χ1v) is 4.21. The Bertz CT molecular complexity index is 170. The number of rotatable bonds is 4. The van der Waals surface area contributed by atoms with Crippen LogP contribution in [0.5, 0.6) is 0 Å². The van der Waals surface area contributed by atoms with Crippen LogP contribution in [-0.4, -0.2) is 36.1 Å². The van der Waals surface area contributed by atoms with Crippen LogP contribution >= 0.6 is 11.6 Å². The summed E-state index contributed by atoms with van der Waals surface area (Å²) in [6.45, 7) is 4.03. The number of hydrogen-bond acceptors (Lipinski definition) is 2. The third-order valence-corrected chi connectivity index (χ3v) is 1.79. The van der Waals surface area contributed by atoms with Crippen molar-refractivity contribution < 1.29 is 4.79 Å². The molecule has 0 atom stereocenters. The normalized spacial score (nSPS) is 11.6. The summed E-state index contributed by atoms with van der Waals surface area (Å²) in [4.78, 5) is 11.8. The summed E-state index contributed by atoms with van der Waals surface area (Å²) in [5.41, 5.74) is 2.22. The van der Waals surface area contributed by atoms with Crippen molar-refractivity contribution in [3.63, 3.8) is 0 Å². The Labute approximate surface area is 77.6 Å². The van der Waals surface area contributed by atoms with Crippen LogP contribution in [0.1, 0.15) is 13.8 Å². The number of nitrogens with one attached hydrogen (secondary N) is 1. The van der Waals surface area contributed by atoms with E-state index in [0.29, 0.717) is 18.3 Å². The van der Waals surface area contributed by atoms with Gasteiger partial charge in [0.25, 0.3) is 0 Å². The second kappa shape index (κ2) is 5.83. The van der Waals surface area contributed by atoms with E-state index in [1.807, 2.05) is 25.8 Å². The van der Waals surface area contributed by atoms with Crippen LogP contribution in [-0.2, 0) is 4.79 Å². The zero-order valence-corrected chi connectivity index (χ0v) is 8.30. The first-order valence-electron chi connectivity index (χ1n) is 3.68. The largest absolute Gasteiger partial charge is 0.358 e. The highest BCUT2D eigenvalue weighted by molar-refractivity contribution is 6.28. The van der Waals surface area contributed by atoms with Crippen molar-refractivity contribution in [2.75, 3.05) is 12.9 Å². The zero-order chi connectivity index (χ0) is 9.56. The summed E-state index contributed by atoms with van der Waals surface area (Å²) < 4.78 is 0. The molecule has 0 aliphatic heterocycles. The standard InChI is InChI=1S/C7H14ClN3O/c1-6(2)11(3)7(4-8)10-9-5-12/h5-6H,4H2,1-3H3,(H,9,12)/b10-7-. The summed E-state index contributed by atoms with van der Waals surface area (Å²) in [7, 11) is 1.87. The number of hydrogen-bond donors (Lipinski definition) is 1. The Morgan fingerprint density at radius 2 is 2.33 bits per heavy atom. The summed E-state index contributed by atoms with van der Waals surface area (Å²) in [6.07, 6.45) is 0.515. The van der Waals surface area contributed by atoms with Crippen LogP contribution in [0.25, 0.3) is 0 Å². The molecule has 5 heteroatoms. The predicted molar refractivity (Wildman–Crippen MR) is 50.3 cm³/mol. The van der Waals surface area contributed by atoms with Gasteiger partial charge in [-0.15, -0.1) is 11.6 Å². The molecule has 4 nitrogen and oxygen atoms in total. The molecule has 0 fully saturated rings. The number of hydrazone groups is 1. The molecule has 0 spiro atoms. The molecule has 0 radical (unpaired) electrons.